The monoisotopic (exact) mass is 294 g/mol. The number of fused-ring (bicyclic) bond motifs is 1. The molecule has 21 heavy (non-hydrogen) atoms. The fraction of sp³-hybridized carbons (Fsp3) is 0.0526. The molecule has 1 aromatic heterocycles. The second kappa shape index (κ2) is 5.66. The molecular formula is C19H15FS. The lowest BCUT2D eigenvalue weighted by Crippen LogP contribution is -2.15. The molecule has 0 bridgehead atoms. The average Bonchev–Trinajstić information content (AvgIpc) is 2.81. The zero-order valence-corrected chi connectivity index (χ0v) is 12.6. The molecular weight excluding hydrogens is 279 g/mol. The van der Waals surface area contributed by atoms with Crippen molar-refractivity contribution in [3.8, 4) is 11.1 Å². The van der Waals surface area contributed by atoms with Crippen LogP contribution in [-0.4, -0.2) is 0 Å². The number of hydrogen-bond donors (Lipinski definition) is 0. The van der Waals surface area contributed by atoms with Crippen molar-refractivity contribution in [1.82, 2.24) is 0 Å². The van der Waals surface area contributed by atoms with Crippen LogP contribution in [0.2, 0.25) is 0 Å². The molecule has 0 nitrogen and oxygen atoms in total. The lowest BCUT2D eigenvalue weighted by Gasteiger charge is -2.03. The summed E-state index contributed by atoms with van der Waals surface area (Å²) in [6.07, 6.45) is 6.13. The smallest absolute Gasteiger partial charge is 0.123 e. The van der Waals surface area contributed by atoms with Gasteiger partial charge in [-0.1, -0.05) is 55.1 Å². The van der Waals surface area contributed by atoms with Crippen molar-refractivity contribution < 1.29 is 4.39 Å². The number of rotatable bonds is 2. The number of halogens is 1. The Hall–Kier alpha value is -2.19. The highest BCUT2D eigenvalue weighted by molar-refractivity contribution is 7.17. The van der Waals surface area contributed by atoms with Gasteiger partial charge in [-0.15, -0.1) is 11.3 Å². The van der Waals surface area contributed by atoms with Crippen molar-refractivity contribution >= 4 is 34.1 Å². The van der Waals surface area contributed by atoms with Gasteiger partial charge in [0.25, 0.3) is 0 Å². The van der Waals surface area contributed by atoms with E-state index in [-0.39, 0.29) is 5.82 Å². The molecule has 0 unspecified atom stereocenters. The summed E-state index contributed by atoms with van der Waals surface area (Å²) in [5, 5.41) is 2.36. The number of hydrogen-bond acceptors (Lipinski definition) is 1. The maximum absolute atomic E-state index is 13.1. The molecule has 0 saturated heterocycles. The van der Waals surface area contributed by atoms with E-state index in [0.717, 1.165) is 20.9 Å². The van der Waals surface area contributed by atoms with Crippen LogP contribution in [-0.2, 0) is 0 Å². The first-order valence-electron chi connectivity index (χ1n) is 6.80. The summed E-state index contributed by atoms with van der Waals surface area (Å²) < 4.78 is 15.4. The molecule has 3 rings (SSSR count). The van der Waals surface area contributed by atoms with Crippen LogP contribution in [0.1, 0.15) is 6.92 Å². The van der Waals surface area contributed by atoms with Crippen molar-refractivity contribution in [3.63, 3.8) is 0 Å². The zero-order valence-electron chi connectivity index (χ0n) is 11.8. The topological polar surface area (TPSA) is 0 Å². The van der Waals surface area contributed by atoms with Crippen molar-refractivity contribution in [3.05, 3.63) is 70.2 Å². The Labute approximate surface area is 127 Å². The minimum absolute atomic E-state index is 0.211. The molecule has 0 radical (unpaired) electrons. The van der Waals surface area contributed by atoms with Gasteiger partial charge in [0.05, 0.1) is 0 Å². The van der Waals surface area contributed by atoms with E-state index in [1.165, 1.54) is 22.2 Å². The highest BCUT2D eigenvalue weighted by Crippen LogP contribution is 2.29. The van der Waals surface area contributed by atoms with E-state index < -0.39 is 0 Å². The Kier molecular flexibility index (Phi) is 3.72. The van der Waals surface area contributed by atoms with Gasteiger partial charge >= 0.3 is 0 Å². The van der Waals surface area contributed by atoms with Crippen LogP contribution in [0.25, 0.3) is 33.9 Å². The fourth-order valence-corrected chi connectivity index (χ4v) is 3.54. The molecule has 2 aromatic carbocycles. The van der Waals surface area contributed by atoms with Crippen LogP contribution < -0.4 is 9.75 Å². The number of thiophene rings is 1. The van der Waals surface area contributed by atoms with Gasteiger partial charge in [0.15, 0.2) is 0 Å². The SMILES string of the molecule is C=c1sc2c(-c3ccc(F)cc3)cccc2/c1=C/C=C\C. The predicted molar refractivity (Wildman–Crippen MR) is 91.3 cm³/mol. The van der Waals surface area contributed by atoms with Gasteiger partial charge in [0.1, 0.15) is 5.82 Å². The quantitative estimate of drug-likeness (QED) is 0.654. The molecule has 0 N–H and O–H groups in total. The third-order valence-corrected chi connectivity index (χ3v) is 4.55. The summed E-state index contributed by atoms with van der Waals surface area (Å²) in [6, 6.07) is 12.9. The molecule has 2 heteroatoms. The summed E-state index contributed by atoms with van der Waals surface area (Å²) in [5.74, 6) is -0.211. The predicted octanol–water partition coefficient (Wildman–Crippen LogP) is 4.47. The molecule has 0 aliphatic rings. The molecule has 104 valence electrons. The van der Waals surface area contributed by atoms with E-state index in [1.54, 1.807) is 11.3 Å². The molecule has 0 atom stereocenters. The van der Waals surface area contributed by atoms with E-state index in [9.17, 15) is 4.39 Å². The first kappa shape index (κ1) is 13.8. The van der Waals surface area contributed by atoms with E-state index in [2.05, 4.69) is 24.8 Å². The highest BCUT2D eigenvalue weighted by Gasteiger charge is 2.07. The van der Waals surface area contributed by atoms with Gasteiger partial charge in [0, 0.05) is 14.6 Å². The Morgan fingerprint density at radius 1 is 1.10 bits per heavy atom. The Balaban J connectivity index is 2.32. The minimum atomic E-state index is -0.211. The minimum Gasteiger partial charge on any atom is -0.207 e. The molecule has 0 spiro atoms. The van der Waals surface area contributed by atoms with E-state index in [4.69, 9.17) is 0 Å². The van der Waals surface area contributed by atoms with Crippen LogP contribution in [0.4, 0.5) is 4.39 Å². The van der Waals surface area contributed by atoms with Crippen LogP contribution in [0.5, 0.6) is 0 Å². The van der Waals surface area contributed by atoms with Crippen molar-refractivity contribution in [1.29, 1.82) is 0 Å². The molecule has 1 heterocycles. The van der Waals surface area contributed by atoms with Gasteiger partial charge in [-0.2, -0.15) is 0 Å². The van der Waals surface area contributed by atoms with Gasteiger partial charge in [-0.05, 0) is 35.4 Å². The van der Waals surface area contributed by atoms with Crippen molar-refractivity contribution in [2.75, 3.05) is 0 Å². The van der Waals surface area contributed by atoms with E-state index in [1.807, 2.05) is 37.3 Å². The van der Waals surface area contributed by atoms with Crippen LogP contribution in [0.3, 0.4) is 0 Å². The summed E-state index contributed by atoms with van der Waals surface area (Å²) >= 11 is 1.68. The zero-order chi connectivity index (χ0) is 14.8. The third-order valence-electron chi connectivity index (χ3n) is 3.44. The van der Waals surface area contributed by atoms with Crippen molar-refractivity contribution in [2.45, 2.75) is 6.92 Å². The lowest BCUT2D eigenvalue weighted by atomic mass is 10.0. The third kappa shape index (κ3) is 2.55. The molecule has 0 saturated carbocycles. The molecule has 3 aromatic rings. The standard InChI is InChI=1S/C19H15FS/c1-3-4-6-16-13(2)21-19-17(7-5-8-18(16)19)14-9-11-15(20)12-10-14/h3-12H,2H2,1H3/b4-3-,16-6+. The Bertz CT molecular complexity index is 915. The summed E-state index contributed by atoms with van der Waals surface area (Å²) in [4.78, 5) is 0. The first-order chi connectivity index (χ1) is 10.2. The van der Waals surface area contributed by atoms with E-state index in [0.29, 0.717) is 0 Å². The lowest BCUT2D eigenvalue weighted by molar-refractivity contribution is 0.628. The first-order valence-corrected chi connectivity index (χ1v) is 7.62. The van der Waals surface area contributed by atoms with Crippen LogP contribution in [0.15, 0.2) is 54.6 Å². The fourth-order valence-electron chi connectivity index (χ4n) is 2.42. The largest absolute Gasteiger partial charge is 0.207 e. The second-order valence-electron chi connectivity index (χ2n) is 4.82. The van der Waals surface area contributed by atoms with Crippen LogP contribution >= 0.6 is 11.3 Å². The number of benzene rings is 2. The Morgan fingerprint density at radius 3 is 2.57 bits per heavy atom. The maximum atomic E-state index is 13.1. The van der Waals surface area contributed by atoms with Gasteiger partial charge in [-0.25, -0.2) is 4.39 Å². The number of allylic oxidation sites excluding steroid dienone is 2. The Morgan fingerprint density at radius 2 is 1.86 bits per heavy atom. The average molecular weight is 294 g/mol. The van der Waals surface area contributed by atoms with Gasteiger partial charge < -0.3 is 0 Å². The molecule has 0 fully saturated rings. The van der Waals surface area contributed by atoms with Gasteiger partial charge in [0.2, 0.25) is 0 Å². The normalized spacial score (nSPS) is 12.6. The molecule has 0 amide bonds. The second-order valence-corrected chi connectivity index (χ2v) is 5.93. The highest BCUT2D eigenvalue weighted by atomic mass is 32.1. The van der Waals surface area contributed by atoms with Gasteiger partial charge in [-0.3, -0.25) is 0 Å². The van der Waals surface area contributed by atoms with Crippen LogP contribution in [0, 0.1) is 5.82 Å². The summed E-state index contributed by atoms with van der Waals surface area (Å²) in [7, 11) is 0. The van der Waals surface area contributed by atoms with Crippen molar-refractivity contribution in [2.24, 2.45) is 0 Å². The maximum Gasteiger partial charge on any atom is 0.123 e. The summed E-state index contributed by atoms with van der Waals surface area (Å²) in [6.45, 7) is 6.15. The van der Waals surface area contributed by atoms with E-state index >= 15 is 0 Å². The molecule has 0 aliphatic carbocycles. The molecule has 0 aliphatic heterocycles. The summed E-state index contributed by atoms with van der Waals surface area (Å²) in [5.41, 5.74) is 2.16.